The number of rotatable bonds is 8. The Bertz CT molecular complexity index is 1320. The van der Waals surface area contributed by atoms with Crippen LogP contribution in [0.5, 0.6) is 5.75 Å². The van der Waals surface area contributed by atoms with Crippen LogP contribution in [-0.4, -0.2) is 60.7 Å². The van der Waals surface area contributed by atoms with Gasteiger partial charge < -0.3 is 19.9 Å². The third kappa shape index (κ3) is 5.69. The van der Waals surface area contributed by atoms with Crippen LogP contribution in [0.4, 0.5) is 11.5 Å². The first kappa shape index (κ1) is 24.2. The summed E-state index contributed by atoms with van der Waals surface area (Å²) >= 11 is 0. The van der Waals surface area contributed by atoms with Crippen molar-refractivity contribution in [3.8, 4) is 17.1 Å². The Morgan fingerprint density at radius 1 is 0.892 bits per heavy atom. The molecule has 1 saturated heterocycles. The monoisotopic (exact) mass is 494 g/mol. The highest BCUT2D eigenvalue weighted by Gasteiger charge is 2.25. The number of carbonyl (C=O) groups is 1. The van der Waals surface area contributed by atoms with Crippen molar-refractivity contribution in [3.63, 3.8) is 0 Å². The van der Waals surface area contributed by atoms with Gasteiger partial charge in [0.2, 0.25) is 0 Å². The topological polar surface area (TPSA) is 83.5 Å². The first-order valence-electron chi connectivity index (χ1n) is 12.5. The summed E-state index contributed by atoms with van der Waals surface area (Å²) in [5.74, 6) is 1.94. The van der Waals surface area contributed by atoms with Gasteiger partial charge in [0.15, 0.2) is 5.82 Å². The highest BCUT2D eigenvalue weighted by molar-refractivity contribution is 5.99. The molecule has 4 aromatic rings. The Morgan fingerprint density at radius 2 is 1.62 bits per heavy atom. The summed E-state index contributed by atoms with van der Waals surface area (Å²) in [5, 5.41) is 3.02. The smallest absolute Gasteiger partial charge is 0.256 e. The van der Waals surface area contributed by atoms with Crippen LogP contribution in [0.25, 0.3) is 11.4 Å². The van der Waals surface area contributed by atoms with Crippen LogP contribution in [0.3, 0.4) is 0 Å². The maximum Gasteiger partial charge on any atom is 0.256 e. The molecule has 1 fully saturated rings. The number of pyridine rings is 1. The average molecular weight is 495 g/mol. The minimum Gasteiger partial charge on any atom is -0.495 e. The number of anilines is 2. The number of nitrogens with zero attached hydrogens (tertiary/aromatic N) is 5. The Balaban J connectivity index is 1.36. The molecular weight excluding hydrogens is 464 g/mol. The molecule has 5 rings (SSSR count). The molecule has 188 valence electrons. The number of amides is 1. The zero-order valence-electron chi connectivity index (χ0n) is 20.9. The minimum atomic E-state index is -0.183. The van der Waals surface area contributed by atoms with Crippen molar-refractivity contribution in [1.29, 1.82) is 0 Å². The lowest BCUT2D eigenvalue weighted by molar-refractivity contribution is 0.0954. The van der Waals surface area contributed by atoms with E-state index in [-0.39, 0.29) is 5.91 Å². The van der Waals surface area contributed by atoms with E-state index in [1.807, 2.05) is 66.7 Å². The van der Waals surface area contributed by atoms with E-state index in [9.17, 15) is 4.79 Å². The normalized spacial score (nSPS) is 13.3. The third-order valence-electron chi connectivity index (χ3n) is 6.44. The number of methoxy groups -OCH3 is 1. The molecule has 2 aromatic heterocycles. The van der Waals surface area contributed by atoms with E-state index < -0.39 is 0 Å². The molecule has 0 radical (unpaired) electrons. The van der Waals surface area contributed by atoms with Crippen molar-refractivity contribution in [2.24, 2.45) is 0 Å². The van der Waals surface area contributed by atoms with E-state index in [4.69, 9.17) is 9.72 Å². The molecule has 0 spiro atoms. The van der Waals surface area contributed by atoms with E-state index >= 15 is 0 Å². The van der Waals surface area contributed by atoms with Crippen LogP contribution in [-0.2, 0) is 6.42 Å². The Hall–Kier alpha value is -4.46. The quantitative estimate of drug-likeness (QED) is 0.398. The summed E-state index contributed by atoms with van der Waals surface area (Å²) in [5.41, 5.74) is 3.40. The van der Waals surface area contributed by atoms with E-state index in [0.29, 0.717) is 30.2 Å². The molecule has 1 aliphatic heterocycles. The molecular formula is C29H30N6O2. The lowest BCUT2D eigenvalue weighted by atomic mass is 10.1. The molecule has 0 aliphatic carbocycles. The van der Waals surface area contributed by atoms with Crippen LogP contribution in [0.2, 0.25) is 0 Å². The summed E-state index contributed by atoms with van der Waals surface area (Å²) in [6.07, 6.45) is 4.06. The van der Waals surface area contributed by atoms with Crippen molar-refractivity contribution in [2.75, 3.05) is 49.6 Å². The van der Waals surface area contributed by atoms with Gasteiger partial charge in [0.25, 0.3) is 5.91 Å². The van der Waals surface area contributed by atoms with Gasteiger partial charge in [0.1, 0.15) is 17.1 Å². The van der Waals surface area contributed by atoms with Gasteiger partial charge in [-0.05, 0) is 24.3 Å². The fraction of sp³-hybridized carbons (Fsp3) is 0.241. The van der Waals surface area contributed by atoms with Crippen molar-refractivity contribution in [3.05, 3.63) is 96.4 Å². The predicted octanol–water partition coefficient (Wildman–Crippen LogP) is 3.85. The predicted molar refractivity (Wildman–Crippen MR) is 145 cm³/mol. The van der Waals surface area contributed by atoms with Crippen LogP contribution in [0.1, 0.15) is 16.1 Å². The molecule has 2 aromatic carbocycles. The molecule has 0 saturated carbocycles. The molecule has 1 aliphatic rings. The number of benzene rings is 2. The first-order valence-corrected chi connectivity index (χ1v) is 12.5. The molecule has 1 amide bonds. The Kier molecular flexibility index (Phi) is 7.55. The summed E-state index contributed by atoms with van der Waals surface area (Å²) < 4.78 is 5.56. The van der Waals surface area contributed by atoms with Gasteiger partial charge in [-0.2, -0.15) is 0 Å². The van der Waals surface area contributed by atoms with E-state index in [1.165, 1.54) is 0 Å². The van der Waals surface area contributed by atoms with Crippen LogP contribution in [0.15, 0.2) is 85.2 Å². The number of carbonyl (C=O) groups excluding carboxylic acids is 1. The van der Waals surface area contributed by atoms with Gasteiger partial charge in [-0.1, -0.05) is 48.5 Å². The fourth-order valence-corrected chi connectivity index (χ4v) is 4.50. The fourth-order valence-electron chi connectivity index (χ4n) is 4.50. The number of aromatic nitrogens is 3. The van der Waals surface area contributed by atoms with Crippen molar-refractivity contribution >= 4 is 17.4 Å². The van der Waals surface area contributed by atoms with Gasteiger partial charge >= 0.3 is 0 Å². The second kappa shape index (κ2) is 11.5. The lowest BCUT2D eigenvalue weighted by Crippen LogP contribution is -2.47. The minimum absolute atomic E-state index is 0.183. The average Bonchev–Trinajstić information content (AvgIpc) is 2.98. The van der Waals surface area contributed by atoms with Gasteiger partial charge in [-0.25, -0.2) is 9.97 Å². The molecule has 0 unspecified atom stereocenters. The van der Waals surface area contributed by atoms with E-state index in [2.05, 4.69) is 31.2 Å². The molecule has 37 heavy (non-hydrogen) atoms. The van der Waals surface area contributed by atoms with Gasteiger partial charge in [0, 0.05) is 62.8 Å². The number of hydrogen-bond donors (Lipinski definition) is 1. The first-order chi connectivity index (χ1) is 18.2. The van der Waals surface area contributed by atoms with Crippen molar-refractivity contribution in [1.82, 2.24) is 20.3 Å². The standard InChI is InChI=1S/C29H30N6O2/c1-37-26-13-6-5-12-25(26)34-17-19-35(20-18-34)28-24(21-32-27(33-28)22-9-3-2-4-10-22)29(36)31-16-14-23-11-7-8-15-30-23/h2-13,15,21H,14,16-20H2,1H3,(H,31,36). The van der Waals surface area contributed by atoms with Gasteiger partial charge in [-0.3, -0.25) is 9.78 Å². The second-order valence-electron chi connectivity index (χ2n) is 8.77. The number of piperazine rings is 1. The SMILES string of the molecule is COc1ccccc1N1CCN(c2nc(-c3ccccc3)ncc2C(=O)NCCc2ccccn2)CC1. The molecule has 0 bridgehead atoms. The Morgan fingerprint density at radius 3 is 2.38 bits per heavy atom. The van der Waals surface area contributed by atoms with E-state index in [0.717, 1.165) is 48.9 Å². The summed E-state index contributed by atoms with van der Waals surface area (Å²) in [7, 11) is 1.69. The maximum absolute atomic E-state index is 13.3. The van der Waals surface area contributed by atoms with Gasteiger partial charge in [-0.15, -0.1) is 0 Å². The second-order valence-corrected chi connectivity index (χ2v) is 8.77. The van der Waals surface area contributed by atoms with Crippen molar-refractivity contribution in [2.45, 2.75) is 6.42 Å². The van der Waals surface area contributed by atoms with Gasteiger partial charge in [0.05, 0.1) is 12.8 Å². The van der Waals surface area contributed by atoms with E-state index in [1.54, 1.807) is 19.5 Å². The highest BCUT2D eigenvalue weighted by atomic mass is 16.5. The molecule has 8 heteroatoms. The third-order valence-corrected chi connectivity index (χ3v) is 6.44. The zero-order valence-corrected chi connectivity index (χ0v) is 20.9. The summed E-state index contributed by atoms with van der Waals surface area (Å²) in [6.45, 7) is 3.49. The van der Waals surface area contributed by atoms with Crippen LogP contribution < -0.4 is 19.9 Å². The number of hydrogen-bond acceptors (Lipinski definition) is 7. The summed E-state index contributed by atoms with van der Waals surface area (Å²) in [4.78, 5) is 31.5. The summed E-state index contributed by atoms with van der Waals surface area (Å²) in [6, 6.07) is 23.7. The number of nitrogens with one attached hydrogen (secondary N) is 1. The zero-order chi connectivity index (χ0) is 25.5. The molecule has 3 heterocycles. The highest BCUT2D eigenvalue weighted by Crippen LogP contribution is 2.30. The number of ether oxygens (including phenoxy) is 1. The van der Waals surface area contributed by atoms with Crippen LogP contribution >= 0.6 is 0 Å². The molecule has 0 atom stereocenters. The molecule has 8 nitrogen and oxygen atoms in total. The molecule has 1 N–H and O–H groups in total. The maximum atomic E-state index is 13.3. The van der Waals surface area contributed by atoms with Crippen molar-refractivity contribution < 1.29 is 9.53 Å². The Labute approximate surface area is 217 Å². The largest absolute Gasteiger partial charge is 0.495 e. The number of para-hydroxylation sites is 2. The lowest BCUT2D eigenvalue weighted by Gasteiger charge is -2.37. The van der Waals surface area contributed by atoms with Crippen LogP contribution in [0, 0.1) is 0 Å².